The minimum absolute atomic E-state index is 0.822. The van der Waals surface area contributed by atoms with Crippen molar-refractivity contribution in [3.05, 3.63) is 83.6 Å². The Kier molecular flexibility index (Phi) is 3.63. The van der Waals surface area contributed by atoms with E-state index in [4.69, 9.17) is 4.74 Å². The Morgan fingerprint density at radius 2 is 1.62 bits per heavy atom. The molecule has 4 heteroatoms. The highest BCUT2D eigenvalue weighted by atomic mass is 16.5. The van der Waals surface area contributed by atoms with E-state index in [1.165, 1.54) is 0 Å². The largest absolute Gasteiger partial charge is 0.497 e. The van der Waals surface area contributed by atoms with E-state index in [9.17, 15) is 0 Å². The quantitative estimate of drug-likeness (QED) is 0.425. The zero-order chi connectivity index (χ0) is 16.4. The monoisotopic (exact) mass is 313 g/mol. The Labute approximate surface area is 140 Å². The second kappa shape index (κ2) is 6.08. The molecule has 3 aromatic rings. The molecule has 0 aliphatic heterocycles. The second-order valence-corrected chi connectivity index (χ2v) is 5.41. The van der Waals surface area contributed by atoms with Crippen LogP contribution in [-0.4, -0.2) is 24.0 Å². The van der Waals surface area contributed by atoms with Gasteiger partial charge in [0, 0.05) is 22.9 Å². The summed E-state index contributed by atoms with van der Waals surface area (Å²) in [4.78, 5) is 4.49. The van der Waals surface area contributed by atoms with E-state index in [1.807, 2.05) is 48.5 Å². The predicted molar refractivity (Wildman–Crippen MR) is 95.9 cm³/mol. The molecule has 0 atom stereocenters. The van der Waals surface area contributed by atoms with Crippen molar-refractivity contribution in [1.82, 2.24) is 4.98 Å². The molecule has 0 amide bonds. The van der Waals surface area contributed by atoms with Crippen LogP contribution in [0.2, 0.25) is 0 Å². The Bertz CT molecular complexity index is 896. The zero-order valence-electron chi connectivity index (χ0n) is 13.2. The Hall–Kier alpha value is -3.27. The summed E-state index contributed by atoms with van der Waals surface area (Å²) in [5.74, 6) is 0.822. The number of benzene rings is 2. The van der Waals surface area contributed by atoms with Crippen LogP contribution < -0.4 is 4.74 Å². The van der Waals surface area contributed by atoms with E-state index in [0.29, 0.717) is 0 Å². The summed E-state index contributed by atoms with van der Waals surface area (Å²) in [6.07, 6.45) is 3.54. The van der Waals surface area contributed by atoms with Crippen molar-refractivity contribution in [2.45, 2.75) is 0 Å². The number of pyridine rings is 1. The molecule has 0 fully saturated rings. The highest BCUT2D eigenvalue weighted by Crippen LogP contribution is 2.34. The number of hydrogen-bond acceptors (Lipinski definition) is 4. The Balaban J connectivity index is 1.70. The molecule has 1 heterocycles. The molecule has 0 N–H and O–H groups in total. The summed E-state index contributed by atoms with van der Waals surface area (Å²) in [5.41, 5.74) is 5.98. The van der Waals surface area contributed by atoms with Gasteiger partial charge in [-0.05, 0) is 42.0 Å². The Morgan fingerprint density at radius 1 is 0.875 bits per heavy atom. The van der Waals surface area contributed by atoms with Gasteiger partial charge in [0.25, 0.3) is 0 Å². The minimum Gasteiger partial charge on any atom is -0.497 e. The number of aromatic nitrogens is 1. The van der Waals surface area contributed by atoms with E-state index < -0.39 is 0 Å². The maximum Gasteiger partial charge on any atom is 0.118 e. The van der Waals surface area contributed by atoms with Crippen molar-refractivity contribution in [3.8, 4) is 17.0 Å². The fourth-order valence-corrected chi connectivity index (χ4v) is 2.80. The first-order chi connectivity index (χ1) is 11.9. The topological polar surface area (TPSA) is 46.8 Å². The molecule has 0 radical (unpaired) electrons. The van der Waals surface area contributed by atoms with E-state index in [2.05, 4.69) is 27.3 Å². The molecule has 4 nitrogen and oxygen atoms in total. The molecule has 24 heavy (non-hydrogen) atoms. The number of rotatable bonds is 3. The van der Waals surface area contributed by atoms with Crippen molar-refractivity contribution in [1.29, 1.82) is 0 Å². The van der Waals surface area contributed by atoms with Crippen LogP contribution in [0, 0.1) is 0 Å². The lowest BCUT2D eigenvalue weighted by Gasteiger charge is -1.99. The number of methoxy groups -OCH3 is 1. The SMILES string of the molecule is COc1ccc(/C=N/N=C2/c3ccccc3-c3ncccc32)cc1. The summed E-state index contributed by atoms with van der Waals surface area (Å²) in [7, 11) is 1.65. The third kappa shape index (κ3) is 2.48. The molecule has 1 aliphatic carbocycles. The van der Waals surface area contributed by atoms with Crippen LogP contribution >= 0.6 is 0 Å². The van der Waals surface area contributed by atoms with Gasteiger partial charge in [-0.3, -0.25) is 4.98 Å². The first-order valence-electron chi connectivity index (χ1n) is 7.67. The molecule has 0 bridgehead atoms. The predicted octanol–water partition coefficient (Wildman–Crippen LogP) is 3.94. The first-order valence-corrected chi connectivity index (χ1v) is 7.67. The van der Waals surface area contributed by atoms with Gasteiger partial charge in [0.2, 0.25) is 0 Å². The van der Waals surface area contributed by atoms with Crippen LogP contribution in [0.1, 0.15) is 16.7 Å². The van der Waals surface area contributed by atoms with E-state index in [0.717, 1.165) is 39.4 Å². The molecule has 4 rings (SSSR count). The molecular weight excluding hydrogens is 298 g/mol. The third-order valence-corrected chi connectivity index (χ3v) is 3.98. The van der Waals surface area contributed by atoms with Crippen LogP contribution in [-0.2, 0) is 0 Å². The maximum atomic E-state index is 5.15. The van der Waals surface area contributed by atoms with Gasteiger partial charge in [-0.25, -0.2) is 0 Å². The molecule has 0 saturated heterocycles. The number of nitrogens with zero attached hydrogens (tertiary/aromatic N) is 3. The van der Waals surface area contributed by atoms with E-state index >= 15 is 0 Å². The summed E-state index contributed by atoms with van der Waals surface area (Å²) < 4.78 is 5.15. The van der Waals surface area contributed by atoms with Gasteiger partial charge < -0.3 is 4.74 Å². The lowest BCUT2D eigenvalue weighted by Crippen LogP contribution is -1.97. The van der Waals surface area contributed by atoms with Gasteiger partial charge in [-0.2, -0.15) is 5.10 Å². The fourth-order valence-electron chi connectivity index (χ4n) is 2.80. The van der Waals surface area contributed by atoms with Crippen molar-refractivity contribution < 1.29 is 4.74 Å². The molecule has 0 unspecified atom stereocenters. The van der Waals surface area contributed by atoms with Crippen LogP contribution in [0.3, 0.4) is 0 Å². The third-order valence-electron chi connectivity index (χ3n) is 3.98. The summed E-state index contributed by atoms with van der Waals surface area (Å²) in [6, 6.07) is 19.8. The molecule has 2 aromatic carbocycles. The number of fused-ring (bicyclic) bond motifs is 3. The lowest BCUT2D eigenvalue weighted by molar-refractivity contribution is 0.415. The van der Waals surface area contributed by atoms with E-state index in [-0.39, 0.29) is 0 Å². The van der Waals surface area contributed by atoms with Gasteiger partial charge in [-0.1, -0.05) is 24.3 Å². The standard InChI is InChI=1S/C20H15N3O/c1-24-15-10-8-14(9-11-15)13-22-23-20-17-6-3-2-5-16(17)19-18(20)7-4-12-21-19/h2-13H,1H3/b22-13+,23-20-. The first kappa shape index (κ1) is 14.3. The highest BCUT2D eigenvalue weighted by Gasteiger charge is 2.25. The van der Waals surface area contributed by atoms with Gasteiger partial charge in [0.05, 0.1) is 19.0 Å². The van der Waals surface area contributed by atoms with Crippen LogP contribution in [0.25, 0.3) is 11.3 Å². The minimum atomic E-state index is 0.822. The van der Waals surface area contributed by atoms with E-state index in [1.54, 1.807) is 19.5 Å². The molecule has 0 saturated carbocycles. The molecule has 1 aliphatic rings. The fraction of sp³-hybridized carbons (Fsp3) is 0.0500. The number of hydrogen-bond donors (Lipinski definition) is 0. The van der Waals surface area contributed by atoms with Crippen molar-refractivity contribution in [2.24, 2.45) is 10.2 Å². The summed E-state index contributed by atoms with van der Waals surface area (Å²) in [6.45, 7) is 0. The molecule has 116 valence electrons. The average Bonchev–Trinajstić information content (AvgIpc) is 2.97. The van der Waals surface area contributed by atoms with Gasteiger partial charge in [0.1, 0.15) is 11.5 Å². The Morgan fingerprint density at radius 3 is 2.42 bits per heavy atom. The normalized spacial score (nSPS) is 14.0. The van der Waals surface area contributed by atoms with Crippen LogP contribution in [0.5, 0.6) is 5.75 Å². The average molecular weight is 313 g/mol. The maximum absolute atomic E-state index is 5.15. The van der Waals surface area contributed by atoms with Crippen LogP contribution in [0.15, 0.2) is 77.1 Å². The van der Waals surface area contributed by atoms with Gasteiger partial charge in [-0.15, -0.1) is 5.10 Å². The van der Waals surface area contributed by atoms with Crippen molar-refractivity contribution in [3.63, 3.8) is 0 Å². The van der Waals surface area contributed by atoms with Crippen molar-refractivity contribution in [2.75, 3.05) is 7.11 Å². The van der Waals surface area contributed by atoms with Crippen LogP contribution in [0.4, 0.5) is 0 Å². The molecule has 0 spiro atoms. The van der Waals surface area contributed by atoms with Gasteiger partial charge >= 0.3 is 0 Å². The second-order valence-electron chi connectivity index (χ2n) is 5.41. The lowest BCUT2D eigenvalue weighted by atomic mass is 10.1. The summed E-state index contributed by atoms with van der Waals surface area (Å²) >= 11 is 0. The molecule has 1 aromatic heterocycles. The highest BCUT2D eigenvalue weighted by molar-refractivity contribution is 6.23. The van der Waals surface area contributed by atoms with Gasteiger partial charge in [0.15, 0.2) is 0 Å². The summed E-state index contributed by atoms with van der Waals surface area (Å²) in [5, 5.41) is 8.73. The smallest absolute Gasteiger partial charge is 0.118 e. The molecular formula is C20H15N3O. The zero-order valence-corrected chi connectivity index (χ0v) is 13.2. The number of ether oxygens (including phenoxy) is 1. The van der Waals surface area contributed by atoms with Crippen molar-refractivity contribution >= 4 is 11.9 Å².